The fraction of sp³-hybridized carbons (Fsp3) is 0.480. The number of aliphatic hydroxyl groups excluding tert-OH is 3. The van der Waals surface area contributed by atoms with Crippen LogP contribution >= 0.6 is 11.8 Å². The second kappa shape index (κ2) is 11.9. The number of unbranched alkanes of at least 4 members (excludes halogenated alkanes) is 1. The van der Waals surface area contributed by atoms with Crippen LogP contribution in [0.25, 0.3) is 0 Å². The Kier molecular flexibility index (Phi) is 9.17. The molecule has 8 heteroatoms. The normalized spacial score (nSPS) is 25.1. The van der Waals surface area contributed by atoms with Gasteiger partial charge >= 0.3 is 0 Å². The van der Waals surface area contributed by atoms with Gasteiger partial charge in [0.15, 0.2) is 5.96 Å². The SMILES string of the molecule is CSC1OC(c2ccc(C)c(Cc3ccc(CCCCN=C(N)N)cc3)c2)C(O)C(O)C1O. The van der Waals surface area contributed by atoms with Crippen LogP contribution in [0.3, 0.4) is 0 Å². The van der Waals surface area contributed by atoms with Crippen LogP contribution in [0.2, 0.25) is 0 Å². The van der Waals surface area contributed by atoms with Crippen molar-refractivity contribution in [3.8, 4) is 0 Å². The molecule has 7 N–H and O–H groups in total. The van der Waals surface area contributed by atoms with Crippen molar-refractivity contribution in [2.45, 2.75) is 62.5 Å². The number of thioether (sulfide) groups is 1. The van der Waals surface area contributed by atoms with Gasteiger partial charge in [-0.05, 0) is 66.7 Å². The number of hydrogen-bond acceptors (Lipinski definition) is 6. The van der Waals surface area contributed by atoms with E-state index in [0.717, 1.165) is 42.4 Å². The summed E-state index contributed by atoms with van der Waals surface area (Å²) < 4.78 is 5.93. The summed E-state index contributed by atoms with van der Waals surface area (Å²) in [7, 11) is 0. The summed E-state index contributed by atoms with van der Waals surface area (Å²) >= 11 is 1.32. The molecule has 2 aromatic carbocycles. The number of rotatable bonds is 9. The van der Waals surface area contributed by atoms with Gasteiger partial charge in [-0.1, -0.05) is 42.5 Å². The van der Waals surface area contributed by atoms with E-state index >= 15 is 0 Å². The Balaban J connectivity index is 1.66. The van der Waals surface area contributed by atoms with E-state index < -0.39 is 29.9 Å². The van der Waals surface area contributed by atoms with Crippen molar-refractivity contribution >= 4 is 17.7 Å². The van der Waals surface area contributed by atoms with Crippen LogP contribution in [-0.2, 0) is 17.6 Å². The van der Waals surface area contributed by atoms with E-state index in [0.29, 0.717) is 6.54 Å². The highest BCUT2D eigenvalue weighted by atomic mass is 32.2. The third-order valence-electron chi connectivity index (χ3n) is 6.09. The molecule has 7 nitrogen and oxygen atoms in total. The van der Waals surface area contributed by atoms with Gasteiger partial charge < -0.3 is 31.5 Å². The summed E-state index contributed by atoms with van der Waals surface area (Å²) in [4.78, 5) is 4.01. The first-order valence-corrected chi connectivity index (χ1v) is 12.5. The zero-order valence-electron chi connectivity index (χ0n) is 19.2. The Morgan fingerprint density at radius 3 is 2.33 bits per heavy atom. The van der Waals surface area contributed by atoms with Gasteiger partial charge in [-0.25, -0.2) is 0 Å². The summed E-state index contributed by atoms with van der Waals surface area (Å²) in [5.41, 5.74) is 15.7. The number of benzene rings is 2. The fourth-order valence-electron chi connectivity index (χ4n) is 4.07. The average molecular weight is 474 g/mol. The number of aliphatic hydroxyl groups is 3. The predicted octanol–water partition coefficient (Wildman–Crippen LogP) is 2.03. The summed E-state index contributed by atoms with van der Waals surface area (Å²) in [5.74, 6) is 0.140. The third-order valence-corrected chi connectivity index (χ3v) is 6.94. The third kappa shape index (κ3) is 6.71. The zero-order valence-corrected chi connectivity index (χ0v) is 20.0. The van der Waals surface area contributed by atoms with E-state index in [9.17, 15) is 15.3 Å². The Labute approximate surface area is 199 Å². The summed E-state index contributed by atoms with van der Waals surface area (Å²) in [5, 5.41) is 30.9. The summed E-state index contributed by atoms with van der Waals surface area (Å²) in [6, 6.07) is 14.6. The fourth-order valence-corrected chi connectivity index (χ4v) is 4.74. The van der Waals surface area contributed by atoms with E-state index in [1.165, 1.54) is 22.9 Å². The number of guanidine groups is 1. The van der Waals surface area contributed by atoms with Gasteiger partial charge in [0.1, 0.15) is 29.9 Å². The monoisotopic (exact) mass is 473 g/mol. The van der Waals surface area contributed by atoms with E-state index in [-0.39, 0.29) is 5.96 Å². The molecule has 0 aromatic heterocycles. The first-order valence-electron chi connectivity index (χ1n) is 11.2. The Morgan fingerprint density at radius 2 is 1.67 bits per heavy atom. The van der Waals surface area contributed by atoms with Gasteiger partial charge in [0.2, 0.25) is 0 Å². The molecule has 1 saturated heterocycles. The minimum Gasteiger partial charge on any atom is -0.387 e. The molecule has 33 heavy (non-hydrogen) atoms. The van der Waals surface area contributed by atoms with Crippen molar-refractivity contribution in [1.29, 1.82) is 0 Å². The zero-order chi connectivity index (χ0) is 24.0. The van der Waals surface area contributed by atoms with Crippen LogP contribution in [0.15, 0.2) is 47.5 Å². The maximum Gasteiger partial charge on any atom is 0.185 e. The number of ether oxygens (including phenoxy) is 1. The van der Waals surface area contributed by atoms with E-state index in [1.807, 2.05) is 24.5 Å². The second-order valence-electron chi connectivity index (χ2n) is 8.58. The molecule has 1 aliphatic rings. The van der Waals surface area contributed by atoms with Crippen molar-refractivity contribution in [2.75, 3.05) is 12.8 Å². The molecular weight excluding hydrogens is 438 g/mol. The molecule has 2 aromatic rings. The van der Waals surface area contributed by atoms with Gasteiger partial charge in [0, 0.05) is 6.54 Å². The molecule has 0 amide bonds. The molecule has 1 aliphatic heterocycles. The topological polar surface area (TPSA) is 134 Å². The standard InChI is InChI=1S/C25H35N3O4S/c1-15-6-11-18(23-21(30)20(29)22(31)24(32-23)33-2)14-19(15)13-17-9-7-16(8-10-17)5-3-4-12-28-25(26)27/h6-11,14,20-24,29-31H,3-5,12-13H2,1-2H3,(H4,26,27,28). The second-order valence-corrected chi connectivity index (χ2v) is 9.51. The van der Waals surface area contributed by atoms with Crippen molar-refractivity contribution in [3.63, 3.8) is 0 Å². The highest BCUT2D eigenvalue weighted by molar-refractivity contribution is 7.99. The number of aryl methyl sites for hydroxylation is 2. The molecule has 0 radical (unpaired) electrons. The summed E-state index contributed by atoms with van der Waals surface area (Å²) in [6.45, 7) is 2.72. The smallest absolute Gasteiger partial charge is 0.185 e. The van der Waals surface area contributed by atoms with Crippen molar-refractivity contribution in [1.82, 2.24) is 0 Å². The molecule has 0 saturated carbocycles. The van der Waals surface area contributed by atoms with E-state index in [1.54, 1.807) is 0 Å². The molecular formula is C25H35N3O4S. The molecule has 180 valence electrons. The molecule has 1 fully saturated rings. The minimum absolute atomic E-state index is 0.140. The van der Waals surface area contributed by atoms with E-state index in [2.05, 4.69) is 36.2 Å². The Bertz CT molecular complexity index is 932. The van der Waals surface area contributed by atoms with Crippen molar-refractivity contribution < 1.29 is 20.1 Å². The van der Waals surface area contributed by atoms with Crippen LogP contribution in [0.1, 0.15) is 46.8 Å². The molecule has 0 bridgehead atoms. The molecule has 1 heterocycles. The number of hydrogen-bond donors (Lipinski definition) is 5. The number of aliphatic imine (C=N–C) groups is 1. The van der Waals surface area contributed by atoms with Crippen LogP contribution in [0, 0.1) is 6.92 Å². The number of nitrogens with two attached hydrogens (primary N) is 2. The van der Waals surface area contributed by atoms with Gasteiger partial charge in [0.25, 0.3) is 0 Å². The lowest BCUT2D eigenvalue weighted by molar-refractivity contribution is -0.200. The highest BCUT2D eigenvalue weighted by Crippen LogP contribution is 2.36. The lowest BCUT2D eigenvalue weighted by atomic mass is 9.91. The first kappa shape index (κ1) is 25.5. The molecule has 3 rings (SSSR count). The molecule has 0 spiro atoms. The van der Waals surface area contributed by atoms with Crippen LogP contribution < -0.4 is 11.5 Å². The van der Waals surface area contributed by atoms with Gasteiger partial charge in [-0.3, -0.25) is 4.99 Å². The molecule has 5 unspecified atom stereocenters. The number of nitrogens with zero attached hydrogens (tertiary/aromatic N) is 1. The lowest BCUT2D eigenvalue weighted by Gasteiger charge is -2.40. The maximum absolute atomic E-state index is 10.5. The van der Waals surface area contributed by atoms with Crippen LogP contribution in [0.4, 0.5) is 0 Å². The Hall–Kier alpha value is -2.10. The van der Waals surface area contributed by atoms with Gasteiger partial charge in [-0.15, -0.1) is 11.8 Å². The van der Waals surface area contributed by atoms with Gasteiger partial charge in [0.05, 0.1) is 0 Å². The quantitative estimate of drug-likeness (QED) is 0.214. The predicted molar refractivity (Wildman–Crippen MR) is 133 cm³/mol. The van der Waals surface area contributed by atoms with Crippen molar-refractivity contribution in [2.24, 2.45) is 16.5 Å². The summed E-state index contributed by atoms with van der Waals surface area (Å²) in [6.07, 6.45) is 1.26. The molecule has 5 atom stereocenters. The highest BCUT2D eigenvalue weighted by Gasteiger charge is 2.44. The first-order chi connectivity index (χ1) is 15.8. The largest absolute Gasteiger partial charge is 0.387 e. The average Bonchev–Trinajstić information content (AvgIpc) is 2.80. The van der Waals surface area contributed by atoms with Crippen molar-refractivity contribution in [3.05, 3.63) is 70.3 Å². The van der Waals surface area contributed by atoms with Crippen LogP contribution in [-0.4, -0.2) is 57.8 Å². The molecule has 0 aliphatic carbocycles. The minimum atomic E-state index is -1.25. The van der Waals surface area contributed by atoms with E-state index in [4.69, 9.17) is 16.2 Å². The maximum atomic E-state index is 10.5. The Morgan fingerprint density at radius 1 is 0.970 bits per heavy atom. The van der Waals surface area contributed by atoms with Crippen LogP contribution in [0.5, 0.6) is 0 Å². The van der Waals surface area contributed by atoms with Gasteiger partial charge in [-0.2, -0.15) is 0 Å². The lowest BCUT2D eigenvalue weighted by Crippen LogP contribution is -2.52.